The number of carbonyl (C=O) groups excluding carboxylic acids is 1. The second-order valence-corrected chi connectivity index (χ2v) is 12.3. The molecule has 0 radical (unpaired) electrons. The summed E-state index contributed by atoms with van der Waals surface area (Å²) in [5, 5.41) is 4.90. The van der Waals surface area contributed by atoms with Crippen LogP contribution in [-0.2, 0) is 4.79 Å². The van der Waals surface area contributed by atoms with Crippen molar-refractivity contribution in [1.82, 2.24) is 10.3 Å². The highest BCUT2D eigenvalue weighted by molar-refractivity contribution is 8.76. The Bertz CT molecular complexity index is 694. The molecule has 3 nitrogen and oxygen atoms in total. The lowest BCUT2D eigenvalue weighted by atomic mass is 9.89. The van der Waals surface area contributed by atoms with E-state index in [4.69, 9.17) is 0 Å². The Balaban J connectivity index is 1.47. The Hall–Kier alpha value is -0.940. The first-order valence-electron chi connectivity index (χ1n) is 12.9. The quantitative estimate of drug-likeness (QED) is 0.320. The molecule has 1 fully saturated rings. The highest BCUT2D eigenvalue weighted by Crippen LogP contribution is 2.34. The molecule has 1 N–H and O–H groups in total. The topological polar surface area (TPSA) is 42.0 Å². The van der Waals surface area contributed by atoms with E-state index in [0.717, 1.165) is 30.2 Å². The number of nitrogens with zero attached hydrogens (tertiary/aromatic N) is 1. The normalized spacial score (nSPS) is 25.7. The number of allylic oxidation sites excluding steroid dienone is 2. The van der Waals surface area contributed by atoms with Crippen LogP contribution in [0.25, 0.3) is 0 Å². The van der Waals surface area contributed by atoms with E-state index in [0.29, 0.717) is 17.7 Å². The maximum atomic E-state index is 12.8. The van der Waals surface area contributed by atoms with Crippen molar-refractivity contribution >= 4 is 27.5 Å². The van der Waals surface area contributed by atoms with Crippen LogP contribution in [0.15, 0.2) is 41.1 Å². The van der Waals surface area contributed by atoms with Gasteiger partial charge in [0.05, 0.1) is 0 Å². The summed E-state index contributed by atoms with van der Waals surface area (Å²) in [5.74, 6) is 1.10. The van der Waals surface area contributed by atoms with Gasteiger partial charge >= 0.3 is 0 Å². The fourth-order valence-corrected chi connectivity index (χ4v) is 6.99. The number of hydrogen-bond acceptors (Lipinski definition) is 4. The molecule has 1 heterocycles. The van der Waals surface area contributed by atoms with Crippen LogP contribution in [0.2, 0.25) is 0 Å². The number of aromatic nitrogens is 1. The van der Waals surface area contributed by atoms with E-state index < -0.39 is 0 Å². The van der Waals surface area contributed by atoms with Crippen LogP contribution >= 0.6 is 21.6 Å². The molecule has 2 aliphatic rings. The highest BCUT2D eigenvalue weighted by atomic mass is 33.1. The van der Waals surface area contributed by atoms with Crippen LogP contribution in [-0.4, -0.2) is 22.2 Å². The number of hydrogen-bond donors (Lipinski definition) is 1. The molecule has 3 atom stereocenters. The molecule has 0 aliphatic heterocycles. The number of pyridine rings is 1. The van der Waals surface area contributed by atoms with Crippen LogP contribution in [0.1, 0.15) is 103 Å². The predicted octanol–water partition coefficient (Wildman–Crippen LogP) is 8.12. The lowest BCUT2D eigenvalue weighted by molar-refractivity contribution is -0.122. The number of amides is 1. The maximum absolute atomic E-state index is 12.8. The van der Waals surface area contributed by atoms with E-state index in [1.165, 1.54) is 70.6 Å². The van der Waals surface area contributed by atoms with Crippen molar-refractivity contribution in [2.45, 2.75) is 120 Å². The molecule has 5 heteroatoms. The molecule has 1 aromatic heterocycles. The standard InChI is InChI=1S/C27H42N2OS2/c1-22(31-32-27-14-8-9-21-28-27)15-20-26(30)29-25-18-16-23-10-4-2-3-5-11-24(17-19-25)13-7-6-12-23/h8-10,14,21-22,24-25H,2-7,11-13,15-20H2,1H3,(H,29,30)/b23-10+. The summed E-state index contributed by atoms with van der Waals surface area (Å²) in [5.41, 5.74) is 1.65. The monoisotopic (exact) mass is 474 g/mol. The van der Waals surface area contributed by atoms with Crippen molar-refractivity contribution in [3.05, 3.63) is 36.0 Å². The van der Waals surface area contributed by atoms with Gasteiger partial charge in [-0.25, -0.2) is 4.98 Å². The second kappa shape index (κ2) is 15.1. The van der Waals surface area contributed by atoms with Crippen LogP contribution in [0.5, 0.6) is 0 Å². The fraction of sp³-hybridized carbons (Fsp3) is 0.704. The van der Waals surface area contributed by atoms with Gasteiger partial charge in [0.25, 0.3) is 0 Å². The van der Waals surface area contributed by atoms with Gasteiger partial charge in [-0.1, -0.05) is 67.5 Å². The van der Waals surface area contributed by atoms with Crippen molar-refractivity contribution in [3.63, 3.8) is 0 Å². The fourth-order valence-electron chi connectivity index (χ4n) is 4.90. The minimum Gasteiger partial charge on any atom is -0.353 e. The van der Waals surface area contributed by atoms with Crippen molar-refractivity contribution in [1.29, 1.82) is 0 Å². The number of rotatable bonds is 7. The minimum atomic E-state index is 0.242. The van der Waals surface area contributed by atoms with Gasteiger partial charge in [-0.05, 0) is 86.6 Å². The Morgan fingerprint density at radius 2 is 1.94 bits per heavy atom. The third-order valence-corrected chi connectivity index (χ3v) is 9.78. The van der Waals surface area contributed by atoms with E-state index in [1.54, 1.807) is 16.4 Å². The number of carbonyl (C=O) groups is 1. The minimum absolute atomic E-state index is 0.242. The SMILES string of the molecule is CC(CCC(=O)NC1CC/C2=C/CCCCCC(CCCC2)CC1)SSc1ccccn1. The molecule has 1 amide bonds. The van der Waals surface area contributed by atoms with Gasteiger partial charge in [0, 0.05) is 23.9 Å². The zero-order valence-electron chi connectivity index (χ0n) is 19.9. The van der Waals surface area contributed by atoms with Crippen molar-refractivity contribution in [3.8, 4) is 0 Å². The third kappa shape index (κ3) is 10.3. The largest absolute Gasteiger partial charge is 0.353 e. The van der Waals surface area contributed by atoms with Gasteiger partial charge in [-0.15, -0.1) is 0 Å². The summed E-state index contributed by atoms with van der Waals surface area (Å²) in [7, 11) is 3.52. The molecular weight excluding hydrogens is 432 g/mol. The summed E-state index contributed by atoms with van der Waals surface area (Å²) in [6.07, 6.45) is 22.8. The van der Waals surface area contributed by atoms with Crippen molar-refractivity contribution < 1.29 is 4.79 Å². The Labute approximate surface area is 203 Å². The van der Waals surface area contributed by atoms with Crippen LogP contribution in [0.4, 0.5) is 0 Å². The first kappa shape index (κ1) is 25.7. The maximum Gasteiger partial charge on any atom is 0.220 e. The molecular formula is C27H42N2OS2. The molecule has 2 aliphatic carbocycles. The lowest BCUT2D eigenvalue weighted by Gasteiger charge is -2.22. The molecule has 0 spiro atoms. The lowest BCUT2D eigenvalue weighted by Crippen LogP contribution is -2.35. The van der Waals surface area contributed by atoms with Crippen LogP contribution in [0, 0.1) is 5.92 Å². The van der Waals surface area contributed by atoms with Crippen molar-refractivity contribution in [2.75, 3.05) is 0 Å². The van der Waals surface area contributed by atoms with Gasteiger partial charge in [-0.3, -0.25) is 4.79 Å². The molecule has 2 bridgehead atoms. The molecule has 32 heavy (non-hydrogen) atoms. The van der Waals surface area contributed by atoms with Gasteiger partial charge in [0.15, 0.2) is 0 Å². The highest BCUT2D eigenvalue weighted by Gasteiger charge is 2.19. The van der Waals surface area contributed by atoms with Gasteiger partial charge in [0.2, 0.25) is 5.91 Å². The van der Waals surface area contributed by atoms with E-state index in [1.807, 2.05) is 35.2 Å². The Morgan fingerprint density at radius 3 is 2.78 bits per heavy atom. The number of nitrogens with one attached hydrogen (secondary N) is 1. The predicted molar refractivity (Wildman–Crippen MR) is 140 cm³/mol. The molecule has 3 unspecified atom stereocenters. The molecule has 0 aromatic carbocycles. The van der Waals surface area contributed by atoms with E-state index >= 15 is 0 Å². The smallest absolute Gasteiger partial charge is 0.220 e. The van der Waals surface area contributed by atoms with Crippen molar-refractivity contribution in [2.24, 2.45) is 5.92 Å². The Kier molecular flexibility index (Phi) is 12.1. The summed E-state index contributed by atoms with van der Waals surface area (Å²) in [6, 6.07) is 6.34. The second-order valence-electron chi connectivity index (χ2n) is 9.69. The van der Waals surface area contributed by atoms with Crippen LogP contribution < -0.4 is 5.32 Å². The van der Waals surface area contributed by atoms with E-state index in [2.05, 4.69) is 23.3 Å². The zero-order valence-corrected chi connectivity index (χ0v) is 21.5. The summed E-state index contributed by atoms with van der Waals surface area (Å²) < 4.78 is 0. The van der Waals surface area contributed by atoms with Gasteiger partial charge in [0.1, 0.15) is 5.03 Å². The van der Waals surface area contributed by atoms with E-state index in [9.17, 15) is 4.79 Å². The molecule has 1 aromatic rings. The average molecular weight is 475 g/mol. The van der Waals surface area contributed by atoms with Gasteiger partial charge in [-0.2, -0.15) is 0 Å². The summed E-state index contributed by atoms with van der Waals surface area (Å²) >= 11 is 0. The Morgan fingerprint density at radius 1 is 1.06 bits per heavy atom. The number of fused-ring (bicyclic) bond motifs is 5. The van der Waals surface area contributed by atoms with Crippen LogP contribution in [0.3, 0.4) is 0 Å². The van der Waals surface area contributed by atoms with Gasteiger partial charge < -0.3 is 5.32 Å². The average Bonchev–Trinajstić information content (AvgIpc) is 2.82. The molecule has 1 saturated carbocycles. The molecule has 3 rings (SSSR count). The zero-order chi connectivity index (χ0) is 22.4. The summed E-state index contributed by atoms with van der Waals surface area (Å²) in [4.78, 5) is 17.1. The summed E-state index contributed by atoms with van der Waals surface area (Å²) in [6.45, 7) is 2.21. The molecule has 0 saturated heterocycles. The molecule has 178 valence electrons. The third-order valence-electron chi connectivity index (χ3n) is 6.93. The first-order valence-corrected chi connectivity index (χ1v) is 15.1. The first-order chi connectivity index (χ1) is 15.7. The van der Waals surface area contributed by atoms with E-state index in [-0.39, 0.29) is 5.91 Å².